The lowest BCUT2D eigenvalue weighted by atomic mass is 9.94. The molecule has 8 nitrogen and oxygen atoms in total. The Morgan fingerprint density at radius 3 is 2.63 bits per heavy atom. The van der Waals surface area contributed by atoms with E-state index in [0.717, 1.165) is 42.5 Å². The van der Waals surface area contributed by atoms with Crippen LogP contribution in [0.15, 0.2) is 53.7 Å². The molecule has 1 atom stereocenters. The number of hydrogen-bond donors (Lipinski definition) is 2. The topological polar surface area (TPSA) is 83.1 Å². The Bertz CT molecular complexity index is 1130. The highest BCUT2D eigenvalue weighted by Gasteiger charge is 2.35. The van der Waals surface area contributed by atoms with E-state index in [1.807, 2.05) is 42.5 Å². The van der Waals surface area contributed by atoms with Crippen LogP contribution in [0.5, 0.6) is 5.75 Å². The minimum atomic E-state index is -0.636. The first-order valence-electron chi connectivity index (χ1n) is 11.7. The second-order valence-electron chi connectivity index (χ2n) is 8.61. The quantitative estimate of drug-likeness (QED) is 0.567. The van der Waals surface area contributed by atoms with Gasteiger partial charge in [-0.05, 0) is 49.2 Å². The molecule has 1 unspecified atom stereocenters. The largest absolute Gasteiger partial charge is 0.497 e. The summed E-state index contributed by atoms with van der Waals surface area (Å²) in [4.78, 5) is 30.2. The van der Waals surface area contributed by atoms with Gasteiger partial charge in [-0.15, -0.1) is 0 Å². The van der Waals surface area contributed by atoms with Gasteiger partial charge in [0, 0.05) is 49.1 Å². The Hall–Kier alpha value is -3.23. The number of aryl methyl sites for hydroxylation is 1. The third kappa shape index (κ3) is 5.71. The van der Waals surface area contributed by atoms with Gasteiger partial charge in [0.15, 0.2) is 0 Å². The van der Waals surface area contributed by atoms with E-state index in [-0.39, 0.29) is 12.6 Å². The SMILES string of the molecule is CCOC(=O)C1=C(CN2CCN(c3cc(Cl)ccc3C)CC2)NC(=O)NC1c1cccc(OC)c1. The predicted molar refractivity (Wildman–Crippen MR) is 136 cm³/mol. The number of methoxy groups -OCH3 is 1. The molecule has 2 amide bonds. The number of rotatable bonds is 7. The van der Waals surface area contributed by atoms with Gasteiger partial charge in [0.05, 0.1) is 25.3 Å². The van der Waals surface area contributed by atoms with E-state index in [4.69, 9.17) is 21.1 Å². The first kappa shape index (κ1) is 24.9. The Morgan fingerprint density at radius 2 is 1.91 bits per heavy atom. The van der Waals surface area contributed by atoms with E-state index < -0.39 is 12.0 Å². The van der Waals surface area contributed by atoms with Crippen molar-refractivity contribution in [3.05, 3.63) is 69.9 Å². The summed E-state index contributed by atoms with van der Waals surface area (Å²) in [6.07, 6.45) is 0. The number of nitrogens with zero attached hydrogens (tertiary/aromatic N) is 2. The van der Waals surface area contributed by atoms with Gasteiger partial charge in [-0.3, -0.25) is 4.90 Å². The van der Waals surface area contributed by atoms with E-state index in [1.54, 1.807) is 14.0 Å². The number of esters is 1. The minimum Gasteiger partial charge on any atom is -0.497 e. The molecule has 0 radical (unpaired) electrons. The van der Waals surface area contributed by atoms with Crippen molar-refractivity contribution >= 4 is 29.3 Å². The predicted octanol–water partition coefficient (Wildman–Crippen LogP) is 3.65. The molecule has 1 saturated heterocycles. The van der Waals surface area contributed by atoms with Crippen molar-refractivity contribution in [1.29, 1.82) is 0 Å². The molecule has 2 aromatic rings. The fourth-order valence-electron chi connectivity index (χ4n) is 4.56. The molecule has 2 heterocycles. The fourth-order valence-corrected chi connectivity index (χ4v) is 4.72. The van der Waals surface area contributed by atoms with Crippen LogP contribution in [0.3, 0.4) is 0 Å². The first-order chi connectivity index (χ1) is 16.9. The van der Waals surface area contributed by atoms with Crippen LogP contribution in [0.4, 0.5) is 10.5 Å². The van der Waals surface area contributed by atoms with Gasteiger partial charge in [-0.25, -0.2) is 9.59 Å². The van der Waals surface area contributed by atoms with E-state index >= 15 is 0 Å². The van der Waals surface area contributed by atoms with Crippen molar-refractivity contribution in [3.63, 3.8) is 0 Å². The van der Waals surface area contributed by atoms with Crippen LogP contribution in [0.1, 0.15) is 24.1 Å². The van der Waals surface area contributed by atoms with Gasteiger partial charge in [-0.1, -0.05) is 29.8 Å². The van der Waals surface area contributed by atoms with E-state index in [1.165, 1.54) is 5.56 Å². The number of hydrogen-bond acceptors (Lipinski definition) is 6. The number of piperazine rings is 1. The Morgan fingerprint density at radius 1 is 1.14 bits per heavy atom. The third-order valence-corrected chi connectivity index (χ3v) is 6.58. The second kappa shape index (κ2) is 11.0. The maximum absolute atomic E-state index is 13.1. The highest BCUT2D eigenvalue weighted by Crippen LogP contribution is 2.31. The van der Waals surface area contributed by atoms with Crippen LogP contribution < -0.4 is 20.3 Å². The van der Waals surface area contributed by atoms with Crippen LogP contribution in [-0.2, 0) is 9.53 Å². The fraction of sp³-hybridized carbons (Fsp3) is 0.385. The third-order valence-electron chi connectivity index (χ3n) is 6.34. The van der Waals surface area contributed by atoms with Gasteiger partial charge < -0.3 is 25.0 Å². The van der Waals surface area contributed by atoms with Crippen molar-refractivity contribution in [2.24, 2.45) is 0 Å². The molecule has 4 rings (SSSR count). The summed E-state index contributed by atoms with van der Waals surface area (Å²) in [6.45, 7) is 7.71. The van der Waals surface area contributed by atoms with Gasteiger partial charge in [-0.2, -0.15) is 0 Å². The lowest BCUT2D eigenvalue weighted by Crippen LogP contribution is -2.52. The maximum Gasteiger partial charge on any atom is 0.338 e. The summed E-state index contributed by atoms with van der Waals surface area (Å²) in [5.74, 6) is 0.198. The van der Waals surface area contributed by atoms with Crippen LogP contribution in [-0.4, -0.2) is 63.3 Å². The molecule has 2 aromatic carbocycles. The number of benzene rings is 2. The van der Waals surface area contributed by atoms with Crippen molar-refractivity contribution in [1.82, 2.24) is 15.5 Å². The Kier molecular flexibility index (Phi) is 7.83. The molecule has 1 fully saturated rings. The van der Waals surface area contributed by atoms with Gasteiger partial charge in [0.1, 0.15) is 5.75 Å². The molecule has 35 heavy (non-hydrogen) atoms. The molecule has 0 bridgehead atoms. The number of urea groups is 1. The number of amides is 2. The summed E-state index contributed by atoms with van der Waals surface area (Å²) in [7, 11) is 1.58. The molecule has 2 aliphatic rings. The van der Waals surface area contributed by atoms with Crippen molar-refractivity contribution in [2.45, 2.75) is 19.9 Å². The lowest BCUT2D eigenvalue weighted by molar-refractivity contribution is -0.139. The highest BCUT2D eigenvalue weighted by molar-refractivity contribution is 6.30. The zero-order valence-electron chi connectivity index (χ0n) is 20.3. The molecule has 0 saturated carbocycles. The van der Waals surface area contributed by atoms with Crippen molar-refractivity contribution in [3.8, 4) is 5.75 Å². The van der Waals surface area contributed by atoms with Crippen LogP contribution in [0.2, 0.25) is 5.02 Å². The van der Waals surface area contributed by atoms with E-state index in [0.29, 0.717) is 23.6 Å². The average Bonchev–Trinajstić information content (AvgIpc) is 2.86. The Labute approximate surface area is 210 Å². The van der Waals surface area contributed by atoms with Crippen LogP contribution in [0, 0.1) is 6.92 Å². The van der Waals surface area contributed by atoms with Crippen molar-refractivity contribution < 1.29 is 19.1 Å². The van der Waals surface area contributed by atoms with Crippen LogP contribution >= 0.6 is 11.6 Å². The highest BCUT2D eigenvalue weighted by atomic mass is 35.5. The average molecular weight is 499 g/mol. The van der Waals surface area contributed by atoms with E-state index in [9.17, 15) is 9.59 Å². The van der Waals surface area contributed by atoms with Crippen molar-refractivity contribution in [2.75, 3.05) is 51.3 Å². The van der Waals surface area contributed by atoms with Gasteiger partial charge in [0.25, 0.3) is 0 Å². The van der Waals surface area contributed by atoms with Crippen LogP contribution in [0.25, 0.3) is 0 Å². The number of ether oxygens (including phenoxy) is 2. The molecule has 0 spiro atoms. The molecule has 2 N–H and O–H groups in total. The summed E-state index contributed by atoms with van der Waals surface area (Å²) in [5, 5.41) is 6.46. The molecule has 0 aromatic heterocycles. The monoisotopic (exact) mass is 498 g/mol. The standard InChI is InChI=1S/C26H31ClN4O4/c1-4-35-25(32)23-21(28-26(33)29-24(23)18-6-5-7-20(14-18)34-3)16-30-10-12-31(13-11-30)22-15-19(27)9-8-17(22)2/h5-9,14-15,24H,4,10-13,16H2,1-3H3,(H2,28,29,33). The zero-order chi connectivity index (χ0) is 24.9. The second-order valence-corrected chi connectivity index (χ2v) is 9.05. The first-order valence-corrected chi connectivity index (χ1v) is 12.1. The number of anilines is 1. The number of carbonyl (C=O) groups excluding carboxylic acids is 2. The lowest BCUT2D eigenvalue weighted by Gasteiger charge is -2.38. The molecular formula is C26H31ClN4O4. The molecular weight excluding hydrogens is 468 g/mol. The normalized spacial score (nSPS) is 18.7. The molecule has 2 aliphatic heterocycles. The summed E-state index contributed by atoms with van der Waals surface area (Å²) in [6, 6.07) is 12.3. The van der Waals surface area contributed by atoms with E-state index in [2.05, 4.69) is 27.4 Å². The molecule has 0 aliphatic carbocycles. The molecule has 9 heteroatoms. The Balaban J connectivity index is 1.57. The number of nitrogens with one attached hydrogen (secondary N) is 2. The summed E-state index contributed by atoms with van der Waals surface area (Å²) in [5.41, 5.74) is 4.04. The molecule has 186 valence electrons. The summed E-state index contributed by atoms with van der Waals surface area (Å²) < 4.78 is 10.7. The maximum atomic E-state index is 13.1. The minimum absolute atomic E-state index is 0.242. The number of carbonyl (C=O) groups is 2. The number of halogens is 1. The zero-order valence-corrected chi connectivity index (χ0v) is 21.0. The van der Waals surface area contributed by atoms with Gasteiger partial charge >= 0.3 is 12.0 Å². The smallest absolute Gasteiger partial charge is 0.338 e. The summed E-state index contributed by atoms with van der Waals surface area (Å²) >= 11 is 6.22. The van der Waals surface area contributed by atoms with Gasteiger partial charge in [0.2, 0.25) is 0 Å².